The Balaban J connectivity index is 1.51. The number of carbonyl (C=O) groups is 2. The van der Waals surface area contributed by atoms with Gasteiger partial charge in [-0.1, -0.05) is 13.8 Å². The van der Waals surface area contributed by atoms with Crippen LogP contribution in [0.15, 0.2) is 18.2 Å². The Kier molecular flexibility index (Phi) is 6.22. The van der Waals surface area contributed by atoms with Crippen LogP contribution in [0.1, 0.15) is 66.4 Å². The fourth-order valence-corrected chi connectivity index (χ4v) is 5.07. The SMILES string of the molecule is CCCN(CCC)C(=O)C1CCCc2sc(NC(=O)c3ccc4c(c3)OCO4)nc21. The number of nitrogens with one attached hydrogen (secondary N) is 1. The highest BCUT2D eigenvalue weighted by atomic mass is 32.1. The molecule has 7 nitrogen and oxygen atoms in total. The Morgan fingerprint density at radius 2 is 1.97 bits per heavy atom. The van der Waals surface area contributed by atoms with E-state index in [1.54, 1.807) is 18.2 Å². The minimum Gasteiger partial charge on any atom is -0.454 e. The lowest BCUT2D eigenvalue weighted by Gasteiger charge is -2.28. The number of aryl methyl sites for hydroxylation is 1. The van der Waals surface area contributed by atoms with Crippen LogP contribution in [0, 0.1) is 0 Å². The number of nitrogens with zero attached hydrogens (tertiary/aromatic N) is 2. The van der Waals surface area contributed by atoms with Crippen molar-refractivity contribution in [2.75, 3.05) is 25.2 Å². The molecule has 160 valence electrons. The molecular formula is C22H27N3O4S. The van der Waals surface area contributed by atoms with Gasteiger partial charge in [-0.2, -0.15) is 0 Å². The van der Waals surface area contributed by atoms with Gasteiger partial charge in [0.25, 0.3) is 5.91 Å². The topological polar surface area (TPSA) is 80.8 Å². The summed E-state index contributed by atoms with van der Waals surface area (Å²) in [6.45, 7) is 5.90. The van der Waals surface area contributed by atoms with Crippen molar-refractivity contribution in [1.29, 1.82) is 0 Å². The third kappa shape index (κ3) is 4.14. The number of fused-ring (bicyclic) bond motifs is 2. The molecule has 1 atom stereocenters. The van der Waals surface area contributed by atoms with E-state index >= 15 is 0 Å². The van der Waals surface area contributed by atoms with Crippen LogP contribution >= 0.6 is 11.3 Å². The van der Waals surface area contributed by atoms with E-state index in [2.05, 4.69) is 24.1 Å². The summed E-state index contributed by atoms with van der Waals surface area (Å²) < 4.78 is 10.6. The van der Waals surface area contributed by atoms with Crippen molar-refractivity contribution in [3.63, 3.8) is 0 Å². The average Bonchev–Trinajstić information content (AvgIpc) is 3.38. The van der Waals surface area contributed by atoms with E-state index in [9.17, 15) is 9.59 Å². The number of thiazole rings is 1. The molecule has 2 heterocycles. The average molecular weight is 430 g/mol. The lowest BCUT2D eigenvalue weighted by molar-refractivity contribution is -0.133. The summed E-state index contributed by atoms with van der Waals surface area (Å²) in [4.78, 5) is 33.6. The van der Waals surface area contributed by atoms with Crippen LogP contribution in [0.2, 0.25) is 0 Å². The van der Waals surface area contributed by atoms with Gasteiger partial charge in [-0.25, -0.2) is 4.98 Å². The Morgan fingerprint density at radius 1 is 1.20 bits per heavy atom. The number of amides is 2. The van der Waals surface area contributed by atoms with Gasteiger partial charge in [-0.15, -0.1) is 11.3 Å². The Morgan fingerprint density at radius 3 is 2.73 bits per heavy atom. The molecule has 0 spiro atoms. The molecule has 1 N–H and O–H groups in total. The summed E-state index contributed by atoms with van der Waals surface area (Å²) in [6.07, 6.45) is 4.57. The maximum absolute atomic E-state index is 13.2. The molecule has 1 aliphatic heterocycles. The molecular weight excluding hydrogens is 402 g/mol. The van der Waals surface area contributed by atoms with Crippen LogP contribution in [-0.4, -0.2) is 41.6 Å². The van der Waals surface area contributed by atoms with E-state index in [0.29, 0.717) is 22.2 Å². The van der Waals surface area contributed by atoms with Gasteiger partial charge in [-0.3, -0.25) is 14.9 Å². The Bertz CT molecular complexity index is 936. The van der Waals surface area contributed by atoms with E-state index in [1.807, 2.05) is 4.90 Å². The minimum absolute atomic E-state index is 0.165. The predicted octanol–water partition coefficient (Wildman–Crippen LogP) is 4.19. The van der Waals surface area contributed by atoms with Crippen LogP contribution in [0.25, 0.3) is 0 Å². The number of benzene rings is 1. The standard InChI is InChI=1S/C22H27N3O4S/c1-3-10-25(11-4-2)21(27)15-6-5-7-18-19(15)23-22(30-18)24-20(26)14-8-9-16-17(12-14)29-13-28-16/h8-9,12,15H,3-7,10-11,13H2,1-2H3,(H,23,24,26). The summed E-state index contributed by atoms with van der Waals surface area (Å²) >= 11 is 1.47. The molecule has 1 aliphatic carbocycles. The second-order valence-electron chi connectivity index (χ2n) is 7.62. The summed E-state index contributed by atoms with van der Waals surface area (Å²) in [6, 6.07) is 5.11. The quantitative estimate of drug-likeness (QED) is 0.714. The summed E-state index contributed by atoms with van der Waals surface area (Å²) in [7, 11) is 0. The summed E-state index contributed by atoms with van der Waals surface area (Å²) in [5.41, 5.74) is 1.33. The molecule has 0 bridgehead atoms. The van der Waals surface area contributed by atoms with Crippen LogP contribution in [-0.2, 0) is 11.2 Å². The number of hydrogen-bond donors (Lipinski definition) is 1. The first kappa shape index (κ1) is 20.7. The number of hydrogen-bond acceptors (Lipinski definition) is 6. The fourth-order valence-electron chi connectivity index (χ4n) is 4.01. The van der Waals surface area contributed by atoms with E-state index < -0.39 is 0 Å². The van der Waals surface area contributed by atoms with Gasteiger partial charge in [0.15, 0.2) is 16.6 Å². The molecule has 1 unspecified atom stereocenters. The molecule has 2 aromatic rings. The van der Waals surface area contributed by atoms with Gasteiger partial charge >= 0.3 is 0 Å². The van der Waals surface area contributed by atoms with Crippen molar-refractivity contribution < 1.29 is 19.1 Å². The van der Waals surface area contributed by atoms with Crippen molar-refractivity contribution in [1.82, 2.24) is 9.88 Å². The van der Waals surface area contributed by atoms with Crippen molar-refractivity contribution in [2.45, 2.75) is 51.9 Å². The maximum atomic E-state index is 13.2. The Hall–Kier alpha value is -2.61. The van der Waals surface area contributed by atoms with Crippen molar-refractivity contribution in [3.8, 4) is 11.5 Å². The molecule has 4 rings (SSSR count). The zero-order valence-electron chi connectivity index (χ0n) is 17.4. The largest absolute Gasteiger partial charge is 0.454 e. The van der Waals surface area contributed by atoms with Gasteiger partial charge in [0.05, 0.1) is 11.6 Å². The van der Waals surface area contributed by atoms with Gasteiger partial charge in [0, 0.05) is 23.5 Å². The van der Waals surface area contributed by atoms with Crippen molar-refractivity contribution in [3.05, 3.63) is 34.3 Å². The van der Waals surface area contributed by atoms with Crippen LogP contribution in [0.3, 0.4) is 0 Å². The highest BCUT2D eigenvalue weighted by Crippen LogP contribution is 2.38. The summed E-state index contributed by atoms with van der Waals surface area (Å²) in [5, 5.41) is 3.43. The fraction of sp³-hybridized carbons (Fsp3) is 0.500. The van der Waals surface area contributed by atoms with Crippen LogP contribution < -0.4 is 14.8 Å². The first-order valence-corrected chi connectivity index (χ1v) is 11.4. The number of carbonyl (C=O) groups excluding carboxylic acids is 2. The third-order valence-electron chi connectivity index (χ3n) is 5.41. The van der Waals surface area contributed by atoms with Crippen LogP contribution in [0.5, 0.6) is 11.5 Å². The normalized spacial score (nSPS) is 16.8. The first-order chi connectivity index (χ1) is 14.6. The third-order valence-corrected chi connectivity index (χ3v) is 6.45. The highest BCUT2D eigenvalue weighted by molar-refractivity contribution is 7.16. The zero-order chi connectivity index (χ0) is 21.1. The molecule has 2 amide bonds. The molecule has 1 aromatic heterocycles. The van der Waals surface area contributed by atoms with Crippen LogP contribution in [0.4, 0.5) is 5.13 Å². The number of aromatic nitrogens is 1. The highest BCUT2D eigenvalue weighted by Gasteiger charge is 2.33. The van der Waals surface area contributed by atoms with Crippen molar-refractivity contribution in [2.24, 2.45) is 0 Å². The molecule has 2 aliphatic rings. The second-order valence-corrected chi connectivity index (χ2v) is 8.70. The lowest BCUT2D eigenvalue weighted by atomic mass is 9.89. The molecule has 8 heteroatoms. The number of anilines is 1. The van der Waals surface area contributed by atoms with Gasteiger partial charge in [0.1, 0.15) is 0 Å². The molecule has 0 radical (unpaired) electrons. The summed E-state index contributed by atoms with van der Waals surface area (Å²) in [5.74, 6) is 0.916. The first-order valence-electron chi connectivity index (χ1n) is 10.6. The number of rotatable bonds is 7. The maximum Gasteiger partial charge on any atom is 0.257 e. The lowest BCUT2D eigenvalue weighted by Crippen LogP contribution is -2.37. The van der Waals surface area contributed by atoms with Crippen molar-refractivity contribution >= 4 is 28.3 Å². The van der Waals surface area contributed by atoms with E-state index in [4.69, 9.17) is 9.47 Å². The van der Waals surface area contributed by atoms with E-state index in [-0.39, 0.29) is 24.5 Å². The predicted molar refractivity (Wildman–Crippen MR) is 115 cm³/mol. The Labute approximate surface area is 180 Å². The van der Waals surface area contributed by atoms with Gasteiger partial charge < -0.3 is 14.4 Å². The molecule has 0 saturated carbocycles. The van der Waals surface area contributed by atoms with Gasteiger partial charge in [-0.05, 0) is 50.3 Å². The smallest absolute Gasteiger partial charge is 0.257 e. The zero-order valence-corrected chi connectivity index (χ0v) is 18.2. The van der Waals surface area contributed by atoms with Gasteiger partial charge in [0.2, 0.25) is 12.7 Å². The second kappa shape index (κ2) is 9.04. The van der Waals surface area contributed by atoms with E-state index in [1.165, 1.54) is 11.3 Å². The monoisotopic (exact) mass is 429 g/mol. The molecule has 1 aromatic carbocycles. The molecule has 0 saturated heterocycles. The molecule has 30 heavy (non-hydrogen) atoms. The minimum atomic E-state index is -0.249. The van der Waals surface area contributed by atoms with E-state index in [0.717, 1.165) is 55.8 Å². The molecule has 0 fully saturated rings. The number of ether oxygens (including phenoxy) is 2.